The molecule has 0 spiro atoms. The van der Waals surface area contributed by atoms with Crippen LogP contribution in [0.1, 0.15) is 5.56 Å². The maximum Gasteiger partial charge on any atom is 0.261 e. The van der Waals surface area contributed by atoms with Gasteiger partial charge in [0.05, 0.1) is 29.8 Å². The molecule has 0 aliphatic rings. The monoisotopic (exact) mass is 504 g/mol. The molecular formula is C24H25ClN2O6S. The Balaban J connectivity index is 1.56. The standard InChI is InChI=1S/C24H25ClN2O6S/c1-27(15-17-4-7-19(31-2)8-5-17)24(28)16-33-20-9-11-21(12-10-20)34(29,30)26-18-6-13-23(32-3)22(25)14-18/h4-14,26H,15-16H2,1-3H3. The van der Waals surface area contributed by atoms with Crippen LogP contribution in [0.2, 0.25) is 5.02 Å². The lowest BCUT2D eigenvalue weighted by Gasteiger charge is -2.18. The second-order valence-corrected chi connectivity index (χ2v) is 9.40. The van der Waals surface area contributed by atoms with Crippen LogP contribution in [0, 0.1) is 0 Å². The van der Waals surface area contributed by atoms with Crippen molar-refractivity contribution in [2.45, 2.75) is 11.4 Å². The fourth-order valence-electron chi connectivity index (χ4n) is 3.01. The number of carbonyl (C=O) groups is 1. The van der Waals surface area contributed by atoms with Crippen LogP contribution in [-0.4, -0.2) is 47.1 Å². The summed E-state index contributed by atoms with van der Waals surface area (Å²) in [5.41, 5.74) is 1.26. The van der Waals surface area contributed by atoms with E-state index >= 15 is 0 Å². The zero-order chi connectivity index (χ0) is 24.7. The molecule has 1 N–H and O–H groups in total. The summed E-state index contributed by atoms with van der Waals surface area (Å²) in [4.78, 5) is 14.0. The third-order valence-corrected chi connectivity index (χ3v) is 6.60. The molecule has 34 heavy (non-hydrogen) atoms. The van der Waals surface area contributed by atoms with Gasteiger partial charge in [0.1, 0.15) is 17.2 Å². The molecule has 0 fully saturated rings. The molecule has 10 heteroatoms. The number of anilines is 1. The summed E-state index contributed by atoms with van der Waals surface area (Å²) < 4.78 is 43.5. The van der Waals surface area contributed by atoms with Gasteiger partial charge in [0.25, 0.3) is 15.9 Å². The second-order valence-electron chi connectivity index (χ2n) is 7.31. The van der Waals surface area contributed by atoms with Crippen LogP contribution in [0.4, 0.5) is 5.69 Å². The highest BCUT2D eigenvalue weighted by Gasteiger charge is 2.16. The number of likely N-dealkylation sites (N-methyl/N-ethyl adjacent to an activating group) is 1. The molecular weight excluding hydrogens is 480 g/mol. The first-order valence-corrected chi connectivity index (χ1v) is 12.0. The summed E-state index contributed by atoms with van der Waals surface area (Å²) in [6.45, 7) is 0.242. The predicted molar refractivity (Wildman–Crippen MR) is 130 cm³/mol. The van der Waals surface area contributed by atoms with Crippen molar-refractivity contribution in [3.8, 4) is 17.2 Å². The zero-order valence-corrected chi connectivity index (χ0v) is 20.5. The fraction of sp³-hybridized carbons (Fsp3) is 0.208. The number of benzene rings is 3. The van der Waals surface area contributed by atoms with Crippen molar-refractivity contribution in [2.75, 3.05) is 32.6 Å². The molecule has 0 radical (unpaired) electrons. The fourth-order valence-corrected chi connectivity index (χ4v) is 4.31. The van der Waals surface area contributed by atoms with Gasteiger partial charge in [0, 0.05) is 13.6 Å². The Morgan fingerprint density at radius 2 is 1.59 bits per heavy atom. The first kappa shape index (κ1) is 25.2. The average molecular weight is 505 g/mol. The smallest absolute Gasteiger partial charge is 0.261 e. The Labute approximate surface area is 204 Å². The molecule has 0 bridgehead atoms. The lowest BCUT2D eigenvalue weighted by atomic mass is 10.2. The summed E-state index contributed by atoms with van der Waals surface area (Å²) in [6, 6.07) is 17.8. The van der Waals surface area contributed by atoms with Crippen molar-refractivity contribution in [2.24, 2.45) is 0 Å². The van der Waals surface area contributed by atoms with Gasteiger partial charge in [-0.2, -0.15) is 0 Å². The van der Waals surface area contributed by atoms with Gasteiger partial charge in [-0.05, 0) is 60.2 Å². The van der Waals surface area contributed by atoms with Crippen LogP contribution in [0.5, 0.6) is 17.2 Å². The van der Waals surface area contributed by atoms with Crippen molar-refractivity contribution in [1.82, 2.24) is 4.90 Å². The Morgan fingerprint density at radius 1 is 0.941 bits per heavy atom. The highest BCUT2D eigenvalue weighted by atomic mass is 35.5. The molecule has 3 aromatic rings. The lowest BCUT2D eigenvalue weighted by molar-refractivity contribution is -0.132. The zero-order valence-electron chi connectivity index (χ0n) is 18.9. The molecule has 0 atom stereocenters. The van der Waals surface area contributed by atoms with Gasteiger partial charge in [-0.1, -0.05) is 23.7 Å². The lowest BCUT2D eigenvalue weighted by Crippen LogP contribution is -2.30. The number of halogens is 1. The van der Waals surface area contributed by atoms with Gasteiger partial charge in [-0.25, -0.2) is 8.42 Å². The Hall–Kier alpha value is -3.43. The molecule has 0 aliphatic carbocycles. The average Bonchev–Trinajstić information content (AvgIpc) is 2.83. The summed E-state index contributed by atoms with van der Waals surface area (Å²) >= 11 is 6.05. The van der Waals surface area contributed by atoms with Crippen LogP contribution in [0.25, 0.3) is 0 Å². The van der Waals surface area contributed by atoms with Gasteiger partial charge < -0.3 is 19.1 Å². The summed E-state index contributed by atoms with van der Waals surface area (Å²) in [5.74, 6) is 1.34. The SMILES string of the molecule is COc1ccc(CN(C)C(=O)COc2ccc(S(=O)(=O)Nc3ccc(OC)c(Cl)c3)cc2)cc1. The number of hydrogen-bond acceptors (Lipinski definition) is 6. The molecule has 3 rings (SSSR count). The van der Waals surface area contributed by atoms with Gasteiger partial charge in [-0.3, -0.25) is 9.52 Å². The number of hydrogen-bond donors (Lipinski definition) is 1. The van der Waals surface area contributed by atoms with Crippen molar-refractivity contribution < 1.29 is 27.4 Å². The molecule has 0 saturated heterocycles. The van der Waals surface area contributed by atoms with E-state index in [1.807, 2.05) is 24.3 Å². The number of rotatable bonds is 10. The summed E-state index contributed by atoms with van der Waals surface area (Å²) in [6.07, 6.45) is 0. The maximum atomic E-state index is 12.7. The van der Waals surface area contributed by atoms with E-state index in [0.29, 0.717) is 23.7 Å². The Bertz CT molecular complexity index is 1230. The quantitative estimate of drug-likeness (QED) is 0.445. The van der Waals surface area contributed by atoms with Crippen molar-refractivity contribution in [1.29, 1.82) is 0 Å². The van der Waals surface area contributed by atoms with Crippen molar-refractivity contribution in [3.63, 3.8) is 0 Å². The minimum atomic E-state index is -3.84. The van der Waals surface area contributed by atoms with Crippen molar-refractivity contribution >= 4 is 33.2 Å². The van der Waals surface area contributed by atoms with E-state index in [9.17, 15) is 13.2 Å². The molecule has 0 saturated carbocycles. The second kappa shape index (κ2) is 11.1. The third-order valence-electron chi connectivity index (χ3n) is 4.90. The minimum Gasteiger partial charge on any atom is -0.497 e. The molecule has 0 aliphatic heterocycles. The number of carbonyl (C=O) groups excluding carboxylic acids is 1. The number of methoxy groups -OCH3 is 2. The van der Waals surface area contributed by atoms with Crippen LogP contribution < -0.4 is 18.9 Å². The van der Waals surface area contributed by atoms with Gasteiger partial charge in [-0.15, -0.1) is 0 Å². The highest BCUT2D eigenvalue weighted by molar-refractivity contribution is 7.92. The Morgan fingerprint density at radius 3 is 2.18 bits per heavy atom. The first-order chi connectivity index (χ1) is 16.2. The molecule has 0 unspecified atom stereocenters. The van der Waals surface area contributed by atoms with E-state index < -0.39 is 10.0 Å². The first-order valence-electron chi connectivity index (χ1n) is 10.2. The van der Waals surface area contributed by atoms with Gasteiger partial charge in [0.15, 0.2) is 6.61 Å². The predicted octanol–water partition coefficient (Wildman–Crippen LogP) is 4.20. The van der Waals surface area contributed by atoms with Crippen LogP contribution in [0.15, 0.2) is 71.6 Å². The van der Waals surface area contributed by atoms with E-state index in [4.69, 9.17) is 25.8 Å². The summed E-state index contributed by atoms with van der Waals surface area (Å²) in [5, 5.41) is 0.285. The number of nitrogens with zero attached hydrogens (tertiary/aromatic N) is 1. The Kier molecular flexibility index (Phi) is 8.25. The molecule has 0 heterocycles. The molecule has 180 valence electrons. The number of ether oxygens (including phenoxy) is 3. The van der Waals surface area contributed by atoms with E-state index in [2.05, 4.69) is 4.72 Å². The van der Waals surface area contributed by atoms with E-state index in [1.54, 1.807) is 31.2 Å². The normalized spacial score (nSPS) is 10.9. The van der Waals surface area contributed by atoms with E-state index in [0.717, 1.165) is 11.3 Å². The van der Waals surface area contributed by atoms with Crippen LogP contribution in [0.3, 0.4) is 0 Å². The van der Waals surface area contributed by atoms with Crippen LogP contribution >= 0.6 is 11.6 Å². The minimum absolute atomic E-state index is 0.0368. The molecule has 1 amide bonds. The summed E-state index contributed by atoms with van der Waals surface area (Å²) in [7, 11) is 0.911. The van der Waals surface area contributed by atoms with E-state index in [-0.39, 0.29) is 22.4 Å². The number of nitrogens with one attached hydrogen (secondary N) is 1. The number of sulfonamides is 1. The van der Waals surface area contributed by atoms with Crippen molar-refractivity contribution in [3.05, 3.63) is 77.3 Å². The largest absolute Gasteiger partial charge is 0.497 e. The van der Waals surface area contributed by atoms with Gasteiger partial charge in [0.2, 0.25) is 0 Å². The number of amides is 1. The molecule has 0 aromatic heterocycles. The topological polar surface area (TPSA) is 94.2 Å². The highest BCUT2D eigenvalue weighted by Crippen LogP contribution is 2.28. The molecule has 8 nitrogen and oxygen atoms in total. The maximum absolute atomic E-state index is 12.7. The van der Waals surface area contributed by atoms with E-state index in [1.165, 1.54) is 37.4 Å². The van der Waals surface area contributed by atoms with Gasteiger partial charge >= 0.3 is 0 Å². The van der Waals surface area contributed by atoms with Crippen LogP contribution in [-0.2, 0) is 21.4 Å². The third kappa shape index (κ3) is 6.55. The molecule has 3 aromatic carbocycles.